The predicted octanol–water partition coefficient (Wildman–Crippen LogP) is 34.6. The van der Waals surface area contributed by atoms with E-state index in [2.05, 4.69) is 347 Å². The Morgan fingerprint density at radius 1 is 0.179 bits per heavy atom. The van der Waals surface area contributed by atoms with Crippen molar-refractivity contribution in [3.8, 4) is 84.7 Å². The SMILES string of the molecule is c1ccc(-c2ccc(-c3nc4ccccc4nc3-c3ccc(-n4c5ccccc5c5c6ccccc6c6c7ccccc7oc6c54)cc3)cc2)cc1.c1ccc(-c2nc(-c3ccc(-n4c5ccccc5c5c6ccccc6c6c7ccccc7oc6c54)cc3)nc3c2oc2ccccc23)cc1.c1ccc(-c2nc3c(ccc4cccnc43)nc2-n2c3ccccc3c3c4ccccc4c4c5ccccc5oc4c32)cc1. The van der Waals surface area contributed by atoms with Crippen molar-refractivity contribution in [2.75, 3.05) is 0 Å². The van der Waals surface area contributed by atoms with Crippen LogP contribution in [0.3, 0.4) is 0 Å². The summed E-state index contributed by atoms with van der Waals surface area (Å²) < 4.78 is 33.6. The first kappa shape index (κ1) is 81.2. The van der Waals surface area contributed by atoms with Gasteiger partial charge in [-0.25, -0.2) is 29.9 Å². The van der Waals surface area contributed by atoms with Gasteiger partial charge in [-0.05, 0) is 153 Å². The molecule has 0 saturated heterocycles. The van der Waals surface area contributed by atoms with Crippen LogP contribution in [0.5, 0.6) is 0 Å². The lowest BCUT2D eigenvalue weighted by molar-refractivity contribution is 0.667. The summed E-state index contributed by atoms with van der Waals surface area (Å²) in [4.78, 5) is 36.0. The molecule has 0 amide bonds. The maximum atomic E-state index is 6.78. The molecule has 0 bridgehead atoms. The molecule has 0 atom stereocenters. The van der Waals surface area contributed by atoms with E-state index < -0.39 is 0 Å². The lowest BCUT2D eigenvalue weighted by Crippen LogP contribution is -2.04. The van der Waals surface area contributed by atoms with Crippen molar-refractivity contribution in [1.29, 1.82) is 0 Å². The maximum absolute atomic E-state index is 6.78. The van der Waals surface area contributed by atoms with Crippen molar-refractivity contribution in [3.63, 3.8) is 0 Å². The Morgan fingerprint density at radius 2 is 0.517 bits per heavy atom. The second-order valence-electron chi connectivity index (χ2n) is 37.0. The van der Waals surface area contributed by atoms with Crippen LogP contribution in [0.2, 0.25) is 0 Å². The van der Waals surface area contributed by atoms with Gasteiger partial charge < -0.3 is 26.8 Å². The molecule has 32 rings (SSSR count). The third kappa shape index (κ3) is 12.6. The van der Waals surface area contributed by atoms with E-state index in [0.717, 1.165) is 227 Å². The van der Waals surface area contributed by atoms with Gasteiger partial charge >= 0.3 is 0 Å². The van der Waals surface area contributed by atoms with Gasteiger partial charge in [0.25, 0.3) is 0 Å². The number of nitrogens with zero attached hydrogens (tertiary/aromatic N) is 10. The van der Waals surface area contributed by atoms with Crippen LogP contribution in [0.25, 0.3) is 303 Å². The third-order valence-corrected chi connectivity index (χ3v) is 29.0. The average Bonchev–Trinajstić information content (AvgIpc) is 1.55. The van der Waals surface area contributed by atoms with E-state index >= 15 is 0 Å². The monoisotopic (exact) mass is 1850 g/mol. The van der Waals surface area contributed by atoms with Crippen molar-refractivity contribution in [3.05, 3.63) is 461 Å². The fourth-order valence-corrected chi connectivity index (χ4v) is 22.6. The summed E-state index contributed by atoms with van der Waals surface area (Å²) in [7, 11) is 0. The van der Waals surface area contributed by atoms with Crippen molar-refractivity contribution in [2.24, 2.45) is 0 Å². The highest BCUT2D eigenvalue weighted by Gasteiger charge is 2.31. The van der Waals surface area contributed by atoms with Crippen LogP contribution < -0.4 is 0 Å². The third-order valence-electron chi connectivity index (χ3n) is 29.0. The van der Waals surface area contributed by atoms with E-state index in [1.807, 2.05) is 128 Å². The van der Waals surface area contributed by atoms with Crippen molar-refractivity contribution < 1.29 is 17.7 Å². The number of fused-ring (bicyclic) bond motifs is 37. The Balaban J connectivity index is 0.000000101. The fraction of sp³-hybridized carbons (Fsp3) is 0. The highest BCUT2D eigenvalue weighted by molar-refractivity contribution is 6.38. The van der Waals surface area contributed by atoms with Crippen LogP contribution in [-0.4, -0.2) is 48.6 Å². The summed E-state index contributed by atoms with van der Waals surface area (Å²) in [6.07, 6.45) is 1.82. The number of benzene rings is 21. The summed E-state index contributed by atoms with van der Waals surface area (Å²) in [6.45, 7) is 0. The van der Waals surface area contributed by atoms with Gasteiger partial charge in [0.15, 0.2) is 34.0 Å². The van der Waals surface area contributed by atoms with Gasteiger partial charge in [0.1, 0.15) is 44.8 Å². The van der Waals surface area contributed by atoms with E-state index in [1.54, 1.807) is 0 Å². The van der Waals surface area contributed by atoms with E-state index in [1.165, 1.54) is 65.0 Å². The smallest absolute Gasteiger partial charge is 0.180 e. The molecule has 0 saturated carbocycles. The fourth-order valence-electron chi connectivity index (χ4n) is 22.6. The Kier molecular flexibility index (Phi) is 18.1. The van der Waals surface area contributed by atoms with Crippen LogP contribution >= 0.6 is 0 Å². The lowest BCUT2D eigenvalue weighted by atomic mass is 9.99. The second kappa shape index (κ2) is 32.4. The average molecular weight is 1850 g/mol. The van der Waals surface area contributed by atoms with Gasteiger partial charge in [-0.3, -0.25) is 9.55 Å². The minimum atomic E-state index is 0.650. The molecule has 0 aliphatic heterocycles. The highest BCUT2D eigenvalue weighted by Crippen LogP contribution is 2.52. The molecule has 0 fully saturated rings. The summed E-state index contributed by atoms with van der Waals surface area (Å²) >= 11 is 0. The molecule has 0 spiro atoms. The summed E-state index contributed by atoms with van der Waals surface area (Å²) in [5.41, 5.74) is 30.8. The summed E-state index contributed by atoms with van der Waals surface area (Å²) in [6, 6.07) is 158. The molecule has 674 valence electrons. The Bertz CT molecular complexity index is 11000. The molecule has 0 N–H and O–H groups in total. The van der Waals surface area contributed by atoms with E-state index in [-0.39, 0.29) is 0 Å². The predicted molar refractivity (Wildman–Crippen MR) is 594 cm³/mol. The zero-order chi connectivity index (χ0) is 95.0. The van der Waals surface area contributed by atoms with E-state index in [4.69, 9.17) is 52.6 Å². The number of hydrogen-bond donors (Lipinski definition) is 0. The van der Waals surface area contributed by atoms with E-state index in [0.29, 0.717) is 11.4 Å². The molecular weight excluding hydrogens is 1780 g/mol. The van der Waals surface area contributed by atoms with Crippen LogP contribution in [0.15, 0.2) is 479 Å². The number of rotatable bonds is 9. The zero-order valence-electron chi connectivity index (χ0n) is 77.5. The maximum Gasteiger partial charge on any atom is 0.180 e. The molecular formula is C131H76N10O4. The highest BCUT2D eigenvalue weighted by atomic mass is 16.3. The zero-order valence-corrected chi connectivity index (χ0v) is 77.5. The molecule has 14 nitrogen and oxygen atoms in total. The molecule has 0 aliphatic rings. The number of pyridine rings is 1. The van der Waals surface area contributed by atoms with Gasteiger partial charge in [0, 0.05) is 121 Å². The van der Waals surface area contributed by atoms with Gasteiger partial charge in [-0.1, -0.05) is 346 Å². The second-order valence-corrected chi connectivity index (χ2v) is 37.0. The summed E-state index contributed by atoms with van der Waals surface area (Å²) in [5, 5.41) is 23.0. The Hall–Kier alpha value is -19.8. The van der Waals surface area contributed by atoms with Gasteiger partial charge in [-0.2, -0.15) is 0 Å². The normalized spacial score (nSPS) is 12.0. The minimum Gasteiger partial charge on any atom is -0.454 e. The molecule has 145 heavy (non-hydrogen) atoms. The lowest BCUT2D eigenvalue weighted by Gasteiger charge is -2.14. The number of furan rings is 4. The van der Waals surface area contributed by atoms with Crippen molar-refractivity contribution in [2.45, 2.75) is 0 Å². The molecule has 14 heteroatoms. The quantitative estimate of drug-likeness (QED) is 0.127. The largest absolute Gasteiger partial charge is 0.454 e. The first-order chi connectivity index (χ1) is 72.0. The molecule has 0 radical (unpaired) electrons. The number of aromatic nitrogens is 10. The number of hydrogen-bond acceptors (Lipinski definition) is 11. The Labute approximate surface area is 825 Å². The standard InChI is InChI=1S/C48H29N3O.C44H25N3O2.C39H22N4O/c1-2-12-30(13-3-1)31-22-24-32(25-23-31)45-46(50-40-19-9-8-18-39(40)49-45)33-26-28-34(29-27-33)51-41-20-10-6-16-37(41)43-35-14-4-5-15-36(35)44-38-17-7-11-21-42(38)52-48(44)47(43)51;1-2-12-26(13-3-1)39-43-40(33-18-8-11-21-36(33)49-43)46-44(45-39)27-22-24-28(25-23-27)47-34-19-9-6-16-31(34)37-29-14-4-5-15-30(29)38-32-17-7-10-20-35(32)48-42(38)41(37)47;1-2-11-23(12-3-1)35-39(41-29-21-20-24-13-10-22-40-34(24)36(29)42-35)43-30-18-8-6-16-27(30)32-25-14-4-5-15-26(25)33-28-17-7-9-19-31(28)44-38(33)37(32)43/h1-29H;1-25H;1-22H. The van der Waals surface area contributed by atoms with Crippen LogP contribution in [-0.2, 0) is 0 Å². The van der Waals surface area contributed by atoms with Crippen LogP contribution in [0, 0.1) is 0 Å². The minimum absolute atomic E-state index is 0.650. The first-order valence-electron chi connectivity index (χ1n) is 48.7. The molecule has 11 heterocycles. The molecule has 11 aromatic heterocycles. The molecule has 0 unspecified atom stereocenters. The first-order valence-corrected chi connectivity index (χ1v) is 48.7. The Morgan fingerprint density at radius 3 is 0.986 bits per heavy atom. The molecule has 32 aromatic rings. The van der Waals surface area contributed by atoms with E-state index in [9.17, 15) is 0 Å². The summed E-state index contributed by atoms with van der Waals surface area (Å²) in [5.74, 6) is 1.40. The molecule has 21 aromatic carbocycles. The topological polar surface area (TPSA) is 158 Å². The van der Waals surface area contributed by atoms with Gasteiger partial charge in [-0.15, -0.1) is 0 Å². The van der Waals surface area contributed by atoms with Crippen LogP contribution in [0.1, 0.15) is 0 Å². The molecule has 0 aliphatic carbocycles. The van der Waals surface area contributed by atoms with Crippen molar-refractivity contribution in [1.82, 2.24) is 48.6 Å². The number of para-hydroxylation sites is 9. The van der Waals surface area contributed by atoms with Gasteiger partial charge in [0.2, 0.25) is 0 Å². The van der Waals surface area contributed by atoms with Crippen molar-refractivity contribution >= 4 is 219 Å². The van der Waals surface area contributed by atoms with Gasteiger partial charge in [0.05, 0.1) is 66.6 Å². The van der Waals surface area contributed by atoms with Crippen LogP contribution in [0.4, 0.5) is 0 Å².